The average Bonchev–Trinajstić information content (AvgIpc) is 2.91. The first-order valence-electron chi connectivity index (χ1n) is 13.2. The van der Waals surface area contributed by atoms with Gasteiger partial charge < -0.3 is 42.6 Å². The molecule has 0 atom stereocenters. The van der Waals surface area contributed by atoms with Gasteiger partial charge in [0.2, 0.25) is 0 Å². The summed E-state index contributed by atoms with van der Waals surface area (Å²) in [6.45, 7) is 12.5. The normalized spacial score (nSPS) is 11.4. The molecule has 0 aliphatic rings. The van der Waals surface area contributed by atoms with Crippen LogP contribution in [0.2, 0.25) is 0 Å². The lowest BCUT2D eigenvalue weighted by atomic mass is 10.2. The number of unbranched alkanes of at least 4 members (excludes halogenated alkanes) is 1. The van der Waals surface area contributed by atoms with Gasteiger partial charge in [0.25, 0.3) is 0 Å². The van der Waals surface area contributed by atoms with E-state index in [1.165, 1.54) is 0 Å². The van der Waals surface area contributed by atoms with Crippen molar-refractivity contribution in [3.63, 3.8) is 0 Å². The van der Waals surface area contributed by atoms with Crippen LogP contribution in [-0.2, 0) is 49.2 Å². The Kier molecular flexibility index (Phi) is 26.0. The summed E-state index contributed by atoms with van der Waals surface area (Å²) in [6.07, 6.45) is 2.25. The lowest BCUT2D eigenvalue weighted by Crippen LogP contribution is -2.15. The van der Waals surface area contributed by atoms with Crippen LogP contribution < -0.4 is 0 Å². The summed E-state index contributed by atoms with van der Waals surface area (Å²) in [4.78, 5) is 0. The second-order valence-electron chi connectivity index (χ2n) is 7.79. The van der Waals surface area contributed by atoms with Gasteiger partial charge in [-0.2, -0.15) is 0 Å². The molecule has 0 fully saturated rings. The van der Waals surface area contributed by atoms with Crippen molar-refractivity contribution in [2.24, 2.45) is 0 Å². The van der Waals surface area contributed by atoms with Crippen molar-refractivity contribution in [3.05, 3.63) is 35.9 Å². The largest absolute Gasteiger partial charge is 0.379 e. The molecule has 210 valence electrons. The van der Waals surface area contributed by atoms with Gasteiger partial charge in [-0.15, -0.1) is 0 Å². The zero-order valence-electron chi connectivity index (χ0n) is 22.2. The van der Waals surface area contributed by atoms with Gasteiger partial charge in [0.05, 0.1) is 112 Å². The molecule has 0 radical (unpaired) electrons. The van der Waals surface area contributed by atoms with Crippen LogP contribution in [0.5, 0.6) is 0 Å². The molecular weight excluding hydrogens is 468 g/mol. The molecule has 0 unspecified atom stereocenters. The molecule has 0 amide bonds. The highest BCUT2D eigenvalue weighted by molar-refractivity contribution is 5.13. The molecule has 0 saturated heterocycles. The Labute approximate surface area is 217 Å². The molecule has 9 nitrogen and oxygen atoms in total. The average molecular weight is 517 g/mol. The first kappa shape index (κ1) is 32.9. The first-order chi connectivity index (χ1) is 17.9. The van der Waals surface area contributed by atoms with Gasteiger partial charge in [0.15, 0.2) is 0 Å². The van der Waals surface area contributed by atoms with Crippen molar-refractivity contribution in [3.8, 4) is 0 Å². The SMILES string of the molecule is CCCCOCCOCCOCCOCCOCCOCCOCCOCCOCc1ccccc1. The van der Waals surface area contributed by atoms with Crippen LogP contribution in [0.15, 0.2) is 30.3 Å². The maximum Gasteiger partial charge on any atom is 0.0718 e. The van der Waals surface area contributed by atoms with Crippen LogP contribution >= 0.6 is 0 Å². The van der Waals surface area contributed by atoms with Gasteiger partial charge in [-0.3, -0.25) is 0 Å². The van der Waals surface area contributed by atoms with E-state index in [0.717, 1.165) is 25.0 Å². The number of ether oxygens (including phenoxy) is 9. The minimum Gasteiger partial charge on any atom is -0.379 e. The number of hydrogen-bond donors (Lipinski definition) is 0. The van der Waals surface area contributed by atoms with E-state index in [-0.39, 0.29) is 0 Å². The number of rotatable bonds is 29. The van der Waals surface area contributed by atoms with Crippen molar-refractivity contribution in [1.82, 2.24) is 0 Å². The maximum absolute atomic E-state index is 5.56. The molecule has 1 aromatic carbocycles. The molecule has 1 rings (SSSR count). The summed E-state index contributed by atoms with van der Waals surface area (Å²) in [5.74, 6) is 0. The van der Waals surface area contributed by atoms with E-state index in [1.54, 1.807) is 0 Å². The van der Waals surface area contributed by atoms with Gasteiger partial charge >= 0.3 is 0 Å². The van der Waals surface area contributed by atoms with E-state index in [4.69, 9.17) is 42.6 Å². The molecule has 0 saturated carbocycles. The molecule has 0 N–H and O–H groups in total. The smallest absolute Gasteiger partial charge is 0.0718 e. The maximum atomic E-state index is 5.56. The monoisotopic (exact) mass is 516 g/mol. The standard InChI is InChI=1S/C27H48O9/c1-2-3-9-28-10-11-29-12-13-30-14-15-31-16-17-32-18-19-33-20-21-34-22-23-35-24-25-36-26-27-7-5-4-6-8-27/h4-8H,2-3,9-26H2,1H3. The minimum absolute atomic E-state index is 0.533. The van der Waals surface area contributed by atoms with Crippen molar-refractivity contribution in [2.45, 2.75) is 26.4 Å². The fourth-order valence-electron chi connectivity index (χ4n) is 2.77. The lowest BCUT2D eigenvalue weighted by molar-refractivity contribution is -0.0254. The fourth-order valence-corrected chi connectivity index (χ4v) is 2.77. The lowest BCUT2D eigenvalue weighted by Gasteiger charge is -2.09. The second-order valence-corrected chi connectivity index (χ2v) is 7.79. The fraction of sp³-hybridized carbons (Fsp3) is 0.778. The van der Waals surface area contributed by atoms with Crippen LogP contribution in [0.4, 0.5) is 0 Å². The molecule has 0 aromatic heterocycles. The van der Waals surface area contributed by atoms with Gasteiger partial charge in [-0.25, -0.2) is 0 Å². The summed E-state index contributed by atoms with van der Waals surface area (Å²) in [6, 6.07) is 10.1. The van der Waals surface area contributed by atoms with Crippen LogP contribution in [0.25, 0.3) is 0 Å². The molecule has 0 aliphatic heterocycles. The summed E-state index contributed by atoms with van der Waals surface area (Å²) in [5.41, 5.74) is 1.16. The summed E-state index contributed by atoms with van der Waals surface area (Å²) >= 11 is 0. The van der Waals surface area contributed by atoms with Crippen molar-refractivity contribution in [1.29, 1.82) is 0 Å². The van der Waals surface area contributed by atoms with E-state index in [9.17, 15) is 0 Å². The highest BCUT2D eigenvalue weighted by Gasteiger charge is 1.96. The van der Waals surface area contributed by atoms with Crippen LogP contribution in [0, 0.1) is 0 Å². The summed E-state index contributed by atoms with van der Waals surface area (Å²) in [5, 5.41) is 0. The second kappa shape index (κ2) is 28.4. The third-order valence-electron chi connectivity index (χ3n) is 4.73. The quantitative estimate of drug-likeness (QED) is 0.149. The Balaban J connectivity index is 1.63. The Morgan fingerprint density at radius 2 is 0.694 bits per heavy atom. The molecule has 0 spiro atoms. The number of hydrogen-bond acceptors (Lipinski definition) is 9. The highest BCUT2D eigenvalue weighted by atomic mass is 16.6. The van der Waals surface area contributed by atoms with E-state index < -0.39 is 0 Å². The zero-order chi connectivity index (χ0) is 25.6. The minimum atomic E-state index is 0.533. The van der Waals surface area contributed by atoms with Crippen molar-refractivity contribution in [2.75, 3.05) is 112 Å². The van der Waals surface area contributed by atoms with Gasteiger partial charge in [-0.1, -0.05) is 43.7 Å². The predicted octanol–water partition coefficient (Wildman–Crippen LogP) is 3.14. The Morgan fingerprint density at radius 3 is 1.03 bits per heavy atom. The molecule has 1 aromatic rings. The Hall–Kier alpha value is -1.14. The molecule has 0 aliphatic carbocycles. The number of benzene rings is 1. The van der Waals surface area contributed by atoms with E-state index in [1.807, 2.05) is 30.3 Å². The highest BCUT2D eigenvalue weighted by Crippen LogP contribution is 2.00. The molecule has 0 heterocycles. The first-order valence-corrected chi connectivity index (χ1v) is 13.2. The summed E-state index contributed by atoms with van der Waals surface area (Å²) < 4.78 is 49.2. The Morgan fingerprint density at radius 1 is 0.389 bits per heavy atom. The van der Waals surface area contributed by atoms with Gasteiger partial charge in [0.1, 0.15) is 0 Å². The molecule has 9 heteroatoms. The van der Waals surface area contributed by atoms with E-state index in [2.05, 4.69) is 6.92 Å². The predicted molar refractivity (Wildman–Crippen MR) is 138 cm³/mol. The van der Waals surface area contributed by atoms with Gasteiger partial charge in [0, 0.05) is 6.61 Å². The third kappa shape index (κ3) is 24.5. The Bertz CT molecular complexity index is 533. The van der Waals surface area contributed by atoms with Crippen molar-refractivity contribution < 1.29 is 42.6 Å². The van der Waals surface area contributed by atoms with Gasteiger partial charge in [-0.05, 0) is 12.0 Å². The molecule has 0 bridgehead atoms. The topological polar surface area (TPSA) is 83.1 Å². The third-order valence-corrected chi connectivity index (χ3v) is 4.73. The van der Waals surface area contributed by atoms with Crippen LogP contribution in [0.1, 0.15) is 25.3 Å². The molecule has 36 heavy (non-hydrogen) atoms. The molecular formula is C27H48O9. The van der Waals surface area contributed by atoms with E-state index in [0.29, 0.717) is 112 Å². The van der Waals surface area contributed by atoms with Crippen LogP contribution in [0.3, 0.4) is 0 Å². The van der Waals surface area contributed by atoms with Crippen molar-refractivity contribution >= 4 is 0 Å². The zero-order valence-corrected chi connectivity index (χ0v) is 22.2. The van der Waals surface area contributed by atoms with E-state index >= 15 is 0 Å². The van der Waals surface area contributed by atoms with Crippen LogP contribution in [-0.4, -0.2) is 112 Å². The summed E-state index contributed by atoms with van der Waals surface area (Å²) in [7, 11) is 0.